The molecule has 2 heterocycles. The summed E-state index contributed by atoms with van der Waals surface area (Å²) in [6, 6.07) is 5.72. The van der Waals surface area contributed by atoms with Crippen molar-refractivity contribution >= 4 is 5.82 Å². The second kappa shape index (κ2) is 5.73. The maximum Gasteiger partial charge on any atom is 0.218 e. The lowest BCUT2D eigenvalue weighted by Gasteiger charge is -2.13. The molecule has 2 aromatic rings. The lowest BCUT2D eigenvalue weighted by Crippen LogP contribution is -2.10. The van der Waals surface area contributed by atoms with E-state index in [1.54, 1.807) is 6.07 Å². The van der Waals surface area contributed by atoms with Gasteiger partial charge in [0.2, 0.25) is 5.88 Å². The molecule has 5 nitrogen and oxygen atoms in total. The van der Waals surface area contributed by atoms with Crippen LogP contribution in [-0.2, 0) is 0 Å². The van der Waals surface area contributed by atoms with E-state index < -0.39 is 0 Å². The average molecular weight is 261 g/mol. The van der Waals surface area contributed by atoms with Crippen molar-refractivity contribution in [2.75, 3.05) is 5.32 Å². The van der Waals surface area contributed by atoms with Crippen LogP contribution >= 0.6 is 0 Å². The van der Waals surface area contributed by atoms with E-state index in [1.807, 2.05) is 39.8 Å². The molecule has 0 aliphatic carbocycles. The van der Waals surface area contributed by atoms with E-state index in [-0.39, 0.29) is 12.1 Å². The molecule has 0 bridgehead atoms. The molecule has 1 unspecified atom stereocenters. The van der Waals surface area contributed by atoms with Crippen molar-refractivity contribution in [3.8, 4) is 5.88 Å². The Morgan fingerprint density at radius 3 is 2.63 bits per heavy atom. The molecule has 0 amide bonds. The van der Waals surface area contributed by atoms with Crippen LogP contribution in [0, 0.1) is 6.92 Å². The number of aryl methyl sites for hydroxylation is 1. The fraction of sp³-hybridized carbons (Fsp3) is 0.429. The van der Waals surface area contributed by atoms with Crippen LogP contribution in [-0.4, -0.2) is 16.1 Å². The Morgan fingerprint density at radius 2 is 2.00 bits per heavy atom. The van der Waals surface area contributed by atoms with Crippen LogP contribution in [0.3, 0.4) is 0 Å². The number of ether oxygens (including phenoxy) is 1. The summed E-state index contributed by atoms with van der Waals surface area (Å²) in [5.74, 6) is 3.06. The standard InChI is InChI=1S/C14H19N3O2/c1-9(2)18-14-7-13(15-8-16-14)17-11(4)12-6-5-10(3)19-12/h5-9,11H,1-4H3,(H,15,16,17). The molecule has 19 heavy (non-hydrogen) atoms. The van der Waals surface area contributed by atoms with Crippen LogP contribution in [0.5, 0.6) is 5.88 Å². The normalized spacial score (nSPS) is 12.5. The molecule has 2 aromatic heterocycles. The number of nitrogens with one attached hydrogen (secondary N) is 1. The highest BCUT2D eigenvalue weighted by Gasteiger charge is 2.10. The molecular formula is C14H19N3O2. The predicted octanol–water partition coefficient (Wildman–Crippen LogP) is 3.34. The number of anilines is 1. The molecule has 0 saturated heterocycles. The van der Waals surface area contributed by atoms with Gasteiger partial charge in [0, 0.05) is 6.07 Å². The number of hydrogen-bond acceptors (Lipinski definition) is 5. The molecule has 0 fully saturated rings. The third kappa shape index (κ3) is 3.71. The second-order valence-corrected chi connectivity index (χ2v) is 4.72. The van der Waals surface area contributed by atoms with Gasteiger partial charge in [-0.25, -0.2) is 9.97 Å². The van der Waals surface area contributed by atoms with E-state index in [2.05, 4.69) is 15.3 Å². The minimum absolute atomic E-state index is 0.0375. The highest BCUT2D eigenvalue weighted by Crippen LogP contribution is 2.21. The molecule has 0 aliphatic rings. The van der Waals surface area contributed by atoms with Gasteiger partial charge in [-0.15, -0.1) is 0 Å². The quantitative estimate of drug-likeness (QED) is 0.894. The van der Waals surface area contributed by atoms with Crippen molar-refractivity contribution in [3.05, 3.63) is 36.0 Å². The molecule has 0 saturated carbocycles. The molecule has 5 heteroatoms. The maximum absolute atomic E-state index is 5.58. The Balaban J connectivity index is 2.06. The number of rotatable bonds is 5. The van der Waals surface area contributed by atoms with E-state index >= 15 is 0 Å². The summed E-state index contributed by atoms with van der Waals surface area (Å²) < 4.78 is 11.1. The van der Waals surface area contributed by atoms with Crippen LogP contribution in [0.15, 0.2) is 28.9 Å². The van der Waals surface area contributed by atoms with Gasteiger partial charge in [-0.2, -0.15) is 0 Å². The zero-order valence-corrected chi connectivity index (χ0v) is 11.7. The lowest BCUT2D eigenvalue weighted by atomic mass is 10.2. The Morgan fingerprint density at radius 1 is 1.21 bits per heavy atom. The topological polar surface area (TPSA) is 60.2 Å². The fourth-order valence-electron chi connectivity index (χ4n) is 1.70. The first-order valence-corrected chi connectivity index (χ1v) is 6.36. The molecule has 0 spiro atoms. The van der Waals surface area contributed by atoms with Crippen LogP contribution < -0.4 is 10.1 Å². The molecule has 1 atom stereocenters. The van der Waals surface area contributed by atoms with Gasteiger partial charge in [0.25, 0.3) is 0 Å². The van der Waals surface area contributed by atoms with Gasteiger partial charge in [-0.1, -0.05) is 0 Å². The molecule has 102 valence electrons. The first-order valence-electron chi connectivity index (χ1n) is 6.36. The summed E-state index contributed by atoms with van der Waals surface area (Å²) in [6.45, 7) is 7.87. The molecule has 0 aliphatic heterocycles. The van der Waals surface area contributed by atoms with E-state index in [0.717, 1.165) is 11.5 Å². The SMILES string of the molecule is Cc1ccc(C(C)Nc2cc(OC(C)C)ncn2)o1. The summed E-state index contributed by atoms with van der Waals surface area (Å²) in [7, 11) is 0. The second-order valence-electron chi connectivity index (χ2n) is 4.72. The van der Waals surface area contributed by atoms with Gasteiger partial charge < -0.3 is 14.5 Å². The molecule has 0 aromatic carbocycles. The van der Waals surface area contributed by atoms with Crippen LogP contribution in [0.1, 0.15) is 38.3 Å². The van der Waals surface area contributed by atoms with Crippen molar-refractivity contribution in [2.45, 2.75) is 39.8 Å². The first-order chi connectivity index (χ1) is 9.04. The Labute approximate surface area is 113 Å². The summed E-state index contributed by atoms with van der Waals surface area (Å²) in [5.41, 5.74) is 0. The van der Waals surface area contributed by atoms with E-state index in [0.29, 0.717) is 11.7 Å². The van der Waals surface area contributed by atoms with Gasteiger partial charge in [-0.05, 0) is 39.8 Å². The summed E-state index contributed by atoms with van der Waals surface area (Å²) in [6.07, 6.45) is 1.58. The highest BCUT2D eigenvalue weighted by atomic mass is 16.5. The van der Waals surface area contributed by atoms with Gasteiger partial charge in [0.05, 0.1) is 12.1 Å². The van der Waals surface area contributed by atoms with Crippen LogP contribution in [0.25, 0.3) is 0 Å². The smallest absolute Gasteiger partial charge is 0.218 e. The number of nitrogens with zero attached hydrogens (tertiary/aromatic N) is 2. The highest BCUT2D eigenvalue weighted by molar-refractivity contribution is 5.39. The van der Waals surface area contributed by atoms with E-state index in [1.165, 1.54) is 6.33 Å². The van der Waals surface area contributed by atoms with Crippen molar-refractivity contribution in [1.29, 1.82) is 0 Å². The predicted molar refractivity (Wildman–Crippen MR) is 73.3 cm³/mol. The Kier molecular flexibility index (Phi) is 4.04. The minimum Gasteiger partial charge on any atom is -0.475 e. The Hall–Kier alpha value is -2.04. The summed E-state index contributed by atoms with van der Waals surface area (Å²) in [5, 5.41) is 3.26. The van der Waals surface area contributed by atoms with Crippen LogP contribution in [0.2, 0.25) is 0 Å². The van der Waals surface area contributed by atoms with E-state index in [4.69, 9.17) is 9.15 Å². The number of furan rings is 1. The molecule has 2 rings (SSSR count). The molecule has 0 radical (unpaired) electrons. The van der Waals surface area contributed by atoms with Crippen LogP contribution in [0.4, 0.5) is 5.82 Å². The number of hydrogen-bond donors (Lipinski definition) is 1. The lowest BCUT2D eigenvalue weighted by molar-refractivity contribution is 0.232. The Bertz CT molecular complexity index is 537. The third-order valence-corrected chi connectivity index (χ3v) is 2.55. The summed E-state index contributed by atoms with van der Waals surface area (Å²) >= 11 is 0. The molecular weight excluding hydrogens is 242 g/mol. The first kappa shape index (κ1) is 13.4. The van der Waals surface area contributed by atoms with Crippen molar-refractivity contribution in [3.63, 3.8) is 0 Å². The largest absolute Gasteiger partial charge is 0.475 e. The average Bonchev–Trinajstić information content (AvgIpc) is 2.75. The van der Waals surface area contributed by atoms with Crippen molar-refractivity contribution in [2.24, 2.45) is 0 Å². The third-order valence-electron chi connectivity index (χ3n) is 2.55. The van der Waals surface area contributed by atoms with Crippen molar-refractivity contribution < 1.29 is 9.15 Å². The minimum atomic E-state index is 0.0375. The number of aromatic nitrogens is 2. The van der Waals surface area contributed by atoms with Gasteiger partial charge in [0.1, 0.15) is 23.7 Å². The monoisotopic (exact) mass is 261 g/mol. The van der Waals surface area contributed by atoms with Gasteiger partial charge in [-0.3, -0.25) is 0 Å². The van der Waals surface area contributed by atoms with Crippen molar-refractivity contribution in [1.82, 2.24) is 9.97 Å². The van der Waals surface area contributed by atoms with Gasteiger partial charge in [0.15, 0.2) is 0 Å². The molecule has 1 N–H and O–H groups in total. The van der Waals surface area contributed by atoms with Gasteiger partial charge >= 0.3 is 0 Å². The zero-order chi connectivity index (χ0) is 13.8. The fourth-order valence-corrected chi connectivity index (χ4v) is 1.70. The summed E-state index contributed by atoms with van der Waals surface area (Å²) in [4.78, 5) is 8.24. The zero-order valence-electron chi connectivity index (χ0n) is 11.7. The maximum atomic E-state index is 5.58. The van der Waals surface area contributed by atoms with E-state index in [9.17, 15) is 0 Å².